The van der Waals surface area contributed by atoms with E-state index in [0.717, 1.165) is 23.8 Å². The van der Waals surface area contributed by atoms with Gasteiger partial charge in [0.1, 0.15) is 11.5 Å². The normalized spacial score (nSPS) is 15.5. The summed E-state index contributed by atoms with van der Waals surface area (Å²) >= 11 is 0. The first-order valence-electron chi connectivity index (χ1n) is 4.94. The Bertz CT molecular complexity index is 321. The van der Waals surface area contributed by atoms with Crippen molar-refractivity contribution >= 4 is 0 Å². The summed E-state index contributed by atoms with van der Waals surface area (Å²) in [4.78, 5) is 0. The van der Waals surface area contributed by atoms with Crippen LogP contribution in [-0.4, -0.2) is 11.7 Å². The van der Waals surface area contributed by atoms with Crippen LogP contribution in [0.25, 0.3) is 0 Å². The van der Waals surface area contributed by atoms with Gasteiger partial charge in [-0.15, -0.1) is 0 Å². The lowest BCUT2D eigenvalue weighted by Gasteiger charge is -2.07. The van der Waals surface area contributed by atoms with Crippen molar-refractivity contribution in [1.82, 2.24) is 0 Å². The number of hydrogen-bond donors (Lipinski definition) is 2. The quantitative estimate of drug-likeness (QED) is 0.764. The van der Waals surface area contributed by atoms with E-state index in [4.69, 9.17) is 10.5 Å². The van der Waals surface area contributed by atoms with Crippen molar-refractivity contribution in [2.24, 2.45) is 11.7 Å². The second-order valence-corrected chi connectivity index (χ2v) is 3.75. The van der Waals surface area contributed by atoms with Gasteiger partial charge >= 0.3 is 0 Å². The first kappa shape index (κ1) is 9.34. The predicted octanol–water partition coefficient (Wildman–Crippen LogP) is 1.64. The average molecular weight is 193 g/mol. The fraction of sp³-hybridized carbons (Fsp3) is 0.455. The number of hydrogen-bond acceptors (Lipinski definition) is 3. The minimum absolute atomic E-state index is 0.242. The first-order valence-corrected chi connectivity index (χ1v) is 4.94. The molecule has 0 aromatic heterocycles. The highest BCUT2D eigenvalue weighted by Crippen LogP contribution is 2.30. The molecule has 1 aliphatic carbocycles. The average Bonchev–Trinajstić information content (AvgIpc) is 3.00. The highest BCUT2D eigenvalue weighted by Gasteiger charge is 2.21. The van der Waals surface area contributed by atoms with E-state index >= 15 is 0 Å². The maximum Gasteiger partial charge on any atom is 0.120 e. The molecule has 0 unspecified atom stereocenters. The van der Waals surface area contributed by atoms with Crippen LogP contribution >= 0.6 is 0 Å². The van der Waals surface area contributed by atoms with Crippen molar-refractivity contribution < 1.29 is 9.84 Å². The summed E-state index contributed by atoms with van der Waals surface area (Å²) in [7, 11) is 0. The molecule has 3 nitrogen and oxygen atoms in total. The number of rotatable bonds is 4. The Morgan fingerprint density at radius 3 is 2.86 bits per heavy atom. The third-order valence-corrected chi connectivity index (χ3v) is 2.45. The minimum Gasteiger partial charge on any atom is -0.508 e. The van der Waals surface area contributed by atoms with Crippen molar-refractivity contribution in [1.29, 1.82) is 0 Å². The summed E-state index contributed by atoms with van der Waals surface area (Å²) in [5.74, 6) is 1.78. The van der Waals surface area contributed by atoms with Crippen LogP contribution in [0.3, 0.4) is 0 Å². The number of benzene rings is 1. The Labute approximate surface area is 83.5 Å². The van der Waals surface area contributed by atoms with Gasteiger partial charge in [-0.3, -0.25) is 0 Å². The van der Waals surface area contributed by atoms with E-state index in [1.165, 1.54) is 12.8 Å². The molecule has 0 spiro atoms. The molecule has 1 saturated carbocycles. The van der Waals surface area contributed by atoms with Crippen LogP contribution < -0.4 is 10.5 Å². The highest BCUT2D eigenvalue weighted by molar-refractivity contribution is 5.39. The van der Waals surface area contributed by atoms with Gasteiger partial charge in [0, 0.05) is 12.1 Å². The van der Waals surface area contributed by atoms with Crippen molar-refractivity contribution in [3.63, 3.8) is 0 Å². The monoisotopic (exact) mass is 193 g/mol. The minimum atomic E-state index is 0.242. The first-order chi connectivity index (χ1) is 6.79. The van der Waals surface area contributed by atoms with Gasteiger partial charge in [0.05, 0.1) is 6.61 Å². The molecular formula is C11H15NO2. The zero-order valence-corrected chi connectivity index (χ0v) is 8.07. The van der Waals surface area contributed by atoms with Gasteiger partial charge in [-0.25, -0.2) is 0 Å². The van der Waals surface area contributed by atoms with Crippen molar-refractivity contribution in [3.8, 4) is 11.5 Å². The Morgan fingerprint density at radius 2 is 2.21 bits per heavy atom. The van der Waals surface area contributed by atoms with E-state index in [1.54, 1.807) is 18.2 Å². The molecule has 1 aromatic carbocycles. The summed E-state index contributed by atoms with van der Waals surface area (Å²) in [6, 6.07) is 5.21. The Hall–Kier alpha value is -1.22. The van der Waals surface area contributed by atoms with Crippen molar-refractivity contribution in [3.05, 3.63) is 23.8 Å². The van der Waals surface area contributed by atoms with Crippen molar-refractivity contribution in [2.45, 2.75) is 19.4 Å². The molecule has 0 amide bonds. The number of phenols is 1. The highest BCUT2D eigenvalue weighted by atomic mass is 16.5. The van der Waals surface area contributed by atoms with Gasteiger partial charge in [-0.2, -0.15) is 0 Å². The number of nitrogens with two attached hydrogens (primary N) is 1. The Balaban J connectivity index is 2.01. The lowest BCUT2D eigenvalue weighted by molar-refractivity contribution is 0.299. The summed E-state index contributed by atoms with van der Waals surface area (Å²) in [5.41, 5.74) is 6.21. The fourth-order valence-electron chi connectivity index (χ4n) is 1.31. The zero-order valence-electron chi connectivity index (χ0n) is 8.07. The summed E-state index contributed by atoms with van der Waals surface area (Å²) in [6.07, 6.45) is 2.56. The molecule has 0 atom stereocenters. The number of aromatic hydroxyl groups is 1. The third kappa shape index (κ3) is 2.17. The van der Waals surface area contributed by atoms with Crippen LogP contribution in [0.1, 0.15) is 18.4 Å². The molecule has 1 aliphatic rings. The van der Waals surface area contributed by atoms with Crippen LogP contribution in [-0.2, 0) is 6.54 Å². The van der Waals surface area contributed by atoms with Crippen LogP contribution in [0.15, 0.2) is 18.2 Å². The molecular weight excluding hydrogens is 178 g/mol. The number of ether oxygens (including phenoxy) is 1. The summed E-state index contributed by atoms with van der Waals surface area (Å²) < 4.78 is 5.56. The van der Waals surface area contributed by atoms with Crippen LogP contribution in [0.4, 0.5) is 0 Å². The van der Waals surface area contributed by atoms with Crippen molar-refractivity contribution in [2.75, 3.05) is 6.61 Å². The second kappa shape index (κ2) is 3.88. The molecule has 3 heteroatoms. The molecule has 1 fully saturated rings. The van der Waals surface area contributed by atoms with E-state index < -0.39 is 0 Å². The largest absolute Gasteiger partial charge is 0.508 e. The molecule has 0 bridgehead atoms. The lowest BCUT2D eigenvalue weighted by Crippen LogP contribution is -2.01. The summed E-state index contributed by atoms with van der Waals surface area (Å²) in [6.45, 7) is 1.13. The summed E-state index contributed by atoms with van der Waals surface area (Å²) in [5, 5.41) is 9.39. The third-order valence-electron chi connectivity index (χ3n) is 2.45. The molecule has 0 saturated heterocycles. The van der Waals surface area contributed by atoms with Crippen LogP contribution in [0.5, 0.6) is 11.5 Å². The standard InChI is InChI=1S/C11H15NO2/c12-6-9-5-10(3-4-11(9)13)14-7-8-1-2-8/h3-5,8,13H,1-2,6-7,12H2. The van der Waals surface area contributed by atoms with E-state index in [9.17, 15) is 5.11 Å². The molecule has 0 radical (unpaired) electrons. The predicted molar refractivity (Wildman–Crippen MR) is 54.2 cm³/mol. The zero-order chi connectivity index (χ0) is 9.97. The topological polar surface area (TPSA) is 55.5 Å². The van der Waals surface area contributed by atoms with Gasteiger partial charge in [0.2, 0.25) is 0 Å². The second-order valence-electron chi connectivity index (χ2n) is 3.75. The maximum atomic E-state index is 9.39. The molecule has 14 heavy (non-hydrogen) atoms. The van der Waals surface area contributed by atoms with Crippen LogP contribution in [0.2, 0.25) is 0 Å². The van der Waals surface area contributed by atoms with E-state index in [2.05, 4.69) is 0 Å². The Kier molecular flexibility index (Phi) is 2.59. The SMILES string of the molecule is NCc1cc(OCC2CC2)ccc1O. The molecule has 0 heterocycles. The van der Waals surface area contributed by atoms with Gasteiger partial charge in [-0.1, -0.05) is 0 Å². The Morgan fingerprint density at radius 1 is 1.43 bits per heavy atom. The van der Waals surface area contributed by atoms with E-state index in [-0.39, 0.29) is 5.75 Å². The molecule has 1 aromatic rings. The van der Waals surface area contributed by atoms with Gasteiger partial charge in [0.15, 0.2) is 0 Å². The van der Waals surface area contributed by atoms with E-state index in [0.29, 0.717) is 6.54 Å². The molecule has 0 aliphatic heterocycles. The lowest BCUT2D eigenvalue weighted by atomic mass is 10.2. The number of phenolic OH excluding ortho intramolecular Hbond substituents is 1. The van der Waals surface area contributed by atoms with E-state index in [1.807, 2.05) is 0 Å². The molecule has 2 rings (SSSR count). The smallest absolute Gasteiger partial charge is 0.120 e. The maximum absolute atomic E-state index is 9.39. The fourth-order valence-corrected chi connectivity index (χ4v) is 1.31. The van der Waals surface area contributed by atoms with Gasteiger partial charge in [0.25, 0.3) is 0 Å². The van der Waals surface area contributed by atoms with Gasteiger partial charge in [-0.05, 0) is 37.0 Å². The molecule has 3 N–H and O–H groups in total. The van der Waals surface area contributed by atoms with Gasteiger partial charge < -0.3 is 15.6 Å². The molecule has 76 valence electrons. The van der Waals surface area contributed by atoms with Crippen LogP contribution in [0, 0.1) is 5.92 Å².